The summed E-state index contributed by atoms with van der Waals surface area (Å²) in [6.07, 6.45) is -2.97. The van der Waals surface area contributed by atoms with Gasteiger partial charge in [-0.05, 0) is 6.42 Å². The number of nitrogens with zero attached hydrogens (tertiary/aromatic N) is 4. The first-order valence-electron chi connectivity index (χ1n) is 5.67. The molecular weight excluding hydrogens is 253 g/mol. The summed E-state index contributed by atoms with van der Waals surface area (Å²) >= 11 is 0. The van der Waals surface area contributed by atoms with Crippen LogP contribution in [0, 0.1) is 10.1 Å². The molecule has 0 N–H and O–H groups in total. The fourth-order valence-corrected chi connectivity index (χ4v) is 1.67. The predicted molar refractivity (Wildman–Crippen MR) is 58.0 cm³/mol. The Morgan fingerprint density at radius 1 is 1.39 bits per heavy atom. The molecule has 18 heavy (non-hydrogen) atoms. The summed E-state index contributed by atoms with van der Waals surface area (Å²) in [5.74, 6) is 0. The third-order valence-electron chi connectivity index (χ3n) is 2.56. The summed E-state index contributed by atoms with van der Waals surface area (Å²) in [4.78, 5) is 9.42. The topological polar surface area (TPSA) is 62.0 Å². The van der Waals surface area contributed by atoms with Crippen molar-refractivity contribution in [1.82, 2.24) is 9.91 Å². The maximum absolute atomic E-state index is 12.5. The van der Waals surface area contributed by atoms with E-state index in [2.05, 4.69) is 5.10 Å². The SMILES string of the molecule is CCCCCCN1N=CN(C(F)(F)F)C1[N+](=O)[O-]. The van der Waals surface area contributed by atoms with Crippen molar-refractivity contribution < 1.29 is 18.1 Å². The molecule has 0 amide bonds. The van der Waals surface area contributed by atoms with E-state index in [4.69, 9.17) is 0 Å². The van der Waals surface area contributed by atoms with Crippen molar-refractivity contribution in [2.75, 3.05) is 6.54 Å². The molecule has 0 aromatic heterocycles. The highest BCUT2D eigenvalue weighted by atomic mass is 19.4. The molecule has 0 saturated carbocycles. The Kier molecular flexibility index (Phi) is 4.74. The highest BCUT2D eigenvalue weighted by Gasteiger charge is 2.51. The molecule has 6 nitrogen and oxygen atoms in total. The van der Waals surface area contributed by atoms with Crippen LogP contribution in [0.15, 0.2) is 5.10 Å². The lowest BCUT2D eigenvalue weighted by Crippen LogP contribution is -2.51. The van der Waals surface area contributed by atoms with Crippen LogP contribution in [0.2, 0.25) is 0 Å². The summed E-state index contributed by atoms with van der Waals surface area (Å²) < 4.78 is 37.5. The largest absolute Gasteiger partial charge is 0.492 e. The van der Waals surface area contributed by atoms with E-state index in [0.29, 0.717) is 12.8 Å². The van der Waals surface area contributed by atoms with Gasteiger partial charge in [0.25, 0.3) is 0 Å². The van der Waals surface area contributed by atoms with Gasteiger partial charge in [-0.2, -0.15) is 10.0 Å². The maximum Gasteiger partial charge on any atom is 0.492 e. The van der Waals surface area contributed by atoms with Crippen LogP contribution in [0.4, 0.5) is 13.2 Å². The van der Waals surface area contributed by atoms with Crippen molar-refractivity contribution in [1.29, 1.82) is 0 Å². The van der Waals surface area contributed by atoms with Gasteiger partial charge >= 0.3 is 12.6 Å². The van der Waals surface area contributed by atoms with Gasteiger partial charge in [0.2, 0.25) is 0 Å². The second-order valence-electron chi connectivity index (χ2n) is 3.96. The quantitative estimate of drug-likeness (QED) is 0.321. The van der Waals surface area contributed by atoms with Gasteiger partial charge in [0.05, 0.1) is 4.92 Å². The third kappa shape index (κ3) is 3.47. The minimum absolute atomic E-state index is 0.148. The van der Waals surface area contributed by atoms with Crippen molar-refractivity contribution in [3.63, 3.8) is 0 Å². The molecule has 0 fully saturated rings. The van der Waals surface area contributed by atoms with Gasteiger partial charge in [-0.1, -0.05) is 26.2 Å². The Morgan fingerprint density at radius 2 is 2.06 bits per heavy atom. The van der Waals surface area contributed by atoms with Crippen molar-refractivity contribution in [3.05, 3.63) is 10.1 Å². The molecular formula is C9H15F3N4O2. The van der Waals surface area contributed by atoms with E-state index in [0.717, 1.165) is 24.3 Å². The number of hydrogen-bond donors (Lipinski definition) is 0. The van der Waals surface area contributed by atoms with Crippen LogP contribution in [0.5, 0.6) is 0 Å². The Morgan fingerprint density at radius 3 is 2.56 bits per heavy atom. The van der Waals surface area contributed by atoms with Crippen molar-refractivity contribution in [2.24, 2.45) is 5.10 Å². The fraction of sp³-hybridized carbons (Fsp3) is 0.889. The Bertz CT molecular complexity index is 321. The lowest BCUT2D eigenvalue weighted by molar-refractivity contribution is -0.584. The first-order valence-corrected chi connectivity index (χ1v) is 5.67. The summed E-state index contributed by atoms with van der Waals surface area (Å²) in [5, 5.41) is 15.0. The van der Waals surface area contributed by atoms with E-state index in [1.807, 2.05) is 6.92 Å². The lowest BCUT2D eigenvalue weighted by atomic mass is 10.2. The first kappa shape index (κ1) is 14.5. The monoisotopic (exact) mass is 268 g/mol. The van der Waals surface area contributed by atoms with E-state index >= 15 is 0 Å². The molecule has 1 aliphatic rings. The molecule has 1 aliphatic heterocycles. The van der Waals surface area contributed by atoms with Crippen molar-refractivity contribution >= 4 is 6.34 Å². The zero-order valence-corrected chi connectivity index (χ0v) is 9.93. The standard InChI is InChI=1S/C9H15F3N4O2/c1-2-3-4-5-6-15-8(16(17)18)14(7-13-15)9(10,11)12/h7-8H,2-6H2,1H3. The number of hydrazone groups is 1. The van der Waals surface area contributed by atoms with E-state index in [-0.39, 0.29) is 11.4 Å². The number of unbranched alkanes of at least 4 members (excludes halogenated alkanes) is 3. The Balaban J connectivity index is 2.59. The van der Waals surface area contributed by atoms with E-state index in [9.17, 15) is 23.3 Å². The predicted octanol–water partition coefficient (Wildman–Crippen LogP) is 2.21. The molecule has 0 aliphatic carbocycles. The second-order valence-corrected chi connectivity index (χ2v) is 3.96. The van der Waals surface area contributed by atoms with Gasteiger partial charge < -0.3 is 0 Å². The summed E-state index contributed by atoms with van der Waals surface area (Å²) in [7, 11) is 0. The van der Waals surface area contributed by atoms with Crippen LogP contribution < -0.4 is 0 Å². The Labute approximate surface area is 102 Å². The molecule has 0 bridgehead atoms. The van der Waals surface area contributed by atoms with Gasteiger partial charge in [-0.3, -0.25) is 10.1 Å². The highest BCUT2D eigenvalue weighted by molar-refractivity contribution is 5.57. The van der Waals surface area contributed by atoms with Crippen LogP contribution >= 0.6 is 0 Å². The smallest absolute Gasteiger partial charge is 0.261 e. The highest BCUT2D eigenvalue weighted by Crippen LogP contribution is 2.27. The van der Waals surface area contributed by atoms with E-state index in [1.54, 1.807) is 0 Å². The van der Waals surface area contributed by atoms with E-state index < -0.39 is 17.5 Å². The number of rotatable bonds is 6. The van der Waals surface area contributed by atoms with Gasteiger partial charge in [-0.15, -0.1) is 13.2 Å². The number of halogens is 3. The van der Waals surface area contributed by atoms with Crippen LogP contribution in [0.3, 0.4) is 0 Å². The molecule has 9 heteroatoms. The fourth-order valence-electron chi connectivity index (χ4n) is 1.67. The van der Waals surface area contributed by atoms with Crippen molar-refractivity contribution in [2.45, 2.75) is 45.2 Å². The molecule has 0 aromatic carbocycles. The zero-order valence-electron chi connectivity index (χ0n) is 9.93. The normalized spacial score (nSPS) is 19.7. The molecule has 1 heterocycles. The Hall–Kier alpha value is -1.54. The number of alkyl halides is 3. The lowest BCUT2D eigenvalue weighted by Gasteiger charge is -2.24. The van der Waals surface area contributed by atoms with Gasteiger partial charge in [0, 0.05) is 6.54 Å². The minimum atomic E-state index is -4.79. The molecule has 1 unspecified atom stereocenters. The molecule has 0 aromatic rings. The molecule has 0 radical (unpaired) electrons. The molecule has 1 atom stereocenters. The van der Waals surface area contributed by atoms with Crippen LogP contribution in [0.25, 0.3) is 0 Å². The van der Waals surface area contributed by atoms with Gasteiger partial charge in [0.15, 0.2) is 0 Å². The van der Waals surface area contributed by atoms with E-state index in [1.165, 1.54) is 0 Å². The summed E-state index contributed by atoms with van der Waals surface area (Å²) in [6.45, 7) is 2.15. The molecule has 104 valence electrons. The zero-order chi connectivity index (χ0) is 13.8. The average molecular weight is 268 g/mol. The van der Waals surface area contributed by atoms with Crippen LogP contribution in [-0.2, 0) is 0 Å². The van der Waals surface area contributed by atoms with Crippen LogP contribution in [0.1, 0.15) is 32.6 Å². The first-order chi connectivity index (χ1) is 8.38. The summed E-state index contributed by atoms with van der Waals surface area (Å²) in [6, 6.07) is 0. The molecule has 0 saturated heterocycles. The minimum Gasteiger partial charge on any atom is -0.261 e. The van der Waals surface area contributed by atoms with Gasteiger partial charge in [0.1, 0.15) is 6.34 Å². The maximum atomic E-state index is 12.5. The molecule has 1 rings (SSSR count). The number of hydrogen-bond acceptors (Lipinski definition) is 5. The van der Waals surface area contributed by atoms with Crippen molar-refractivity contribution in [3.8, 4) is 0 Å². The van der Waals surface area contributed by atoms with Gasteiger partial charge in [-0.25, -0.2) is 5.01 Å². The molecule has 0 spiro atoms. The average Bonchev–Trinajstić information content (AvgIpc) is 2.67. The van der Waals surface area contributed by atoms with Crippen LogP contribution in [-0.4, -0.2) is 40.3 Å². The third-order valence-corrected chi connectivity index (χ3v) is 2.56. The number of nitro groups is 1. The second kappa shape index (κ2) is 5.87. The summed E-state index contributed by atoms with van der Waals surface area (Å²) in [5.41, 5.74) is 0.